The van der Waals surface area contributed by atoms with Gasteiger partial charge in [0.1, 0.15) is 0 Å². The SMILES string of the molecule is N#Cc1ccc2ccc(CN(C(=O)CC(=O)C(=O)O)c3ccc(Cl)c(Cl)c3)cc2c1. The molecular weight excluding hydrogens is 427 g/mol. The van der Waals surface area contributed by atoms with Crippen molar-refractivity contribution in [2.45, 2.75) is 13.0 Å². The topological polar surface area (TPSA) is 98.5 Å². The normalized spacial score (nSPS) is 10.4. The third kappa shape index (κ3) is 4.77. The molecule has 0 heterocycles. The van der Waals surface area contributed by atoms with E-state index in [9.17, 15) is 14.4 Å². The molecule has 30 heavy (non-hydrogen) atoms. The first-order chi connectivity index (χ1) is 14.3. The first-order valence-electron chi connectivity index (χ1n) is 8.73. The molecule has 0 radical (unpaired) electrons. The molecule has 150 valence electrons. The van der Waals surface area contributed by atoms with Gasteiger partial charge in [-0.15, -0.1) is 0 Å². The van der Waals surface area contributed by atoms with Gasteiger partial charge in [0.15, 0.2) is 0 Å². The zero-order valence-corrected chi connectivity index (χ0v) is 16.9. The third-order valence-corrected chi connectivity index (χ3v) is 5.18. The van der Waals surface area contributed by atoms with E-state index in [0.29, 0.717) is 16.3 Å². The molecule has 0 fully saturated rings. The average Bonchev–Trinajstić information content (AvgIpc) is 2.73. The van der Waals surface area contributed by atoms with Crippen LogP contribution in [0, 0.1) is 11.3 Å². The Hall–Kier alpha value is -3.40. The number of amides is 1. The Bertz CT molecular complexity index is 1220. The summed E-state index contributed by atoms with van der Waals surface area (Å²) < 4.78 is 0. The number of hydrogen-bond donors (Lipinski definition) is 1. The van der Waals surface area contributed by atoms with Crippen molar-refractivity contribution in [3.63, 3.8) is 0 Å². The summed E-state index contributed by atoms with van der Waals surface area (Å²) >= 11 is 12.0. The fourth-order valence-corrected chi connectivity index (χ4v) is 3.22. The lowest BCUT2D eigenvalue weighted by atomic mass is 10.0. The van der Waals surface area contributed by atoms with Crippen LogP contribution in [0.25, 0.3) is 10.8 Å². The van der Waals surface area contributed by atoms with E-state index in [2.05, 4.69) is 6.07 Å². The maximum atomic E-state index is 12.7. The fraction of sp³-hybridized carbons (Fsp3) is 0.0909. The van der Waals surface area contributed by atoms with Crippen LogP contribution in [0.5, 0.6) is 0 Å². The summed E-state index contributed by atoms with van der Waals surface area (Å²) in [6, 6.07) is 17.4. The number of anilines is 1. The van der Waals surface area contributed by atoms with Gasteiger partial charge in [-0.05, 0) is 52.7 Å². The molecule has 0 unspecified atom stereocenters. The molecule has 1 amide bonds. The number of carboxylic acids is 1. The predicted octanol–water partition coefficient (Wildman–Crippen LogP) is 4.60. The number of nitrogens with zero attached hydrogens (tertiary/aromatic N) is 2. The zero-order chi connectivity index (χ0) is 21.8. The van der Waals surface area contributed by atoms with Gasteiger partial charge >= 0.3 is 5.97 Å². The summed E-state index contributed by atoms with van der Waals surface area (Å²) in [5, 5.41) is 20.2. The number of benzene rings is 3. The second-order valence-electron chi connectivity index (χ2n) is 6.49. The second kappa shape index (κ2) is 8.95. The van der Waals surface area contributed by atoms with Crippen molar-refractivity contribution in [2.24, 2.45) is 0 Å². The van der Waals surface area contributed by atoms with Crippen molar-refractivity contribution in [2.75, 3.05) is 4.90 Å². The summed E-state index contributed by atoms with van der Waals surface area (Å²) in [5.41, 5.74) is 1.60. The number of rotatable bonds is 6. The Morgan fingerprint density at radius 2 is 1.67 bits per heavy atom. The number of Topliss-reactive ketones (excluding diaryl/α,β-unsaturated/α-hetero) is 1. The molecule has 0 atom stereocenters. The molecule has 0 aliphatic heterocycles. The van der Waals surface area contributed by atoms with E-state index in [1.54, 1.807) is 18.2 Å². The average molecular weight is 441 g/mol. The molecule has 0 bridgehead atoms. The number of carbonyl (C=O) groups is 3. The van der Waals surface area contributed by atoms with Gasteiger partial charge in [0.25, 0.3) is 0 Å². The lowest BCUT2D eigenvalue weighted by Gasteiger charge is -2.23. The molecular formula is C22H14Cl2N2O4. The Morgan fingerprint density at radius 3 is 2.33 bits per heavy atom. The van der Waals surface area contributed by atoms with Crippen LogP contribution in [0.3, 0.4) is 0 Å². The van der Waals surface area contributed by atoms with Crippen LogP contribution in [0.4, 0.5) is 5.69 Å². The first kappa shape index (κ1) is 21.3. The Morgan fingerprint density at radius 1 is 0.933 bits per heavy atom. The summed E-state index contributed by atoms with van der Waals surface area (Å²) in [6.45, 7) is 0.0659. The van der Waals surface area contributed by atoms with Crippen LogP contribution < -0.4 is 4.90 Å². The van der Waals surface area contributed by atoms with Gasteiger partial charge in [-0.3, -0.25) is 9.59 Å². The number of aliphatic carboxylic acids is 1. The monoisotopic (exact) mass is 440 g/mol. The van der Waals surface area contributed by atoms with Crippen molar-refractivity contribution in [1.82, 2.24) is 0 Å². The van der Waals surface area contributed by atoms with E-state index in [1.807, 2.05) is 24.3 Å². The van der Waals surface area contributed by atoms with Crippen LogP contribution in [0.15, 0.2) is 54.6 Å². The summed E-state index contributed by atoms with van der Waals surface area (Å²) in [5.74, 6) is -3.57. The van der Waals surface area contributed by atoms with E-state index >= 15 is 0 Å². The zero-order valence-electron chi connectivity index (χ0n) is 15.4. The van der Waals surface area contributed by atoms with E-state index < -0.39 is 24.1 Å². The maximum Gasteiger partial charge on any atom is 0.372 e. The number of ketones is 1. The van der Waals surface area contributed by atoms with Crippen LogP contribution in [0.2, 0.25) is 10.0 Å². The van der Waals surface area contributed by atoms with E-state index in [-0.39, 0.29) is 11.6 Å². The van der Waals surface area contributed by atoms with Crippen molar-refractivity contribution >= 4 is 57.3 Å². The highest BCUT2D eigenvalue weighted by atomic mass is 35.5. The number of halogens is 2. The molecule has 0 aromatic heterocycles. The van der Waals surface area contributed by atoms with Gasteiger partial charge in [0, 0.05) is 5.69 Å². The van der Waals surface area contributed by atoms with Crippen molar-refractivity contribution in [3.8, 4) is 6.07 Å². The molecule has 0 saturated heterocycles. The molecule has 3 rings (SSSR count). The Balaban J connectivity index is 1.99. The summed E-state index contributed by atoms with van der Waals surface area (Å²) in [6.07, 6.45) is -0.790. The Labute approximate surface area is 181 Å². The minimum absolute atomic E-state index is 0.0659. The predicted molar refractivity (Wildman–Crippen MR) is 114 cm³/mol. The fourth-order valence-electron chi connectivity index (χ4n) is 2.93. The number of carbonyl (C=O) groups excluding carboxylic acids is 2. The van der Waals surface area contributed by atoms with Crippen LogP contribution in [0.1, 0.15) is 17.5 Å². The smallest absolute Gasteiger partial charge is 0.372 e. The highest BCUT2D eigenvalue weighted by molar-refractivity contribution is 6.42. The Kier molecular flexibility index (Phi) is 6.36. The second-order valence-corrected chi connectivity index (χ2v) is 7.31. The van der Waals surface area contributed by atoms with Gasteiger partial charge in [0.05, 0.1) is 34.6 Å². The van der Waals surface area contributed by atoms with Crippen LogP contribution in [-0.4, -0.2) is 22.8 Å². The lowest BCUT2D eigenvalue weighted by molar-refractivity contribution is -0.150. The van der Waals surface area contributed by atoms with Gasteiger partial charge in [-0.1, -0.05) is 41.4 Å². The third-order valence-electron chi connectivity index (χ3n) is 4.44. The summed E-state index contributed by atoms with van der Waals surface area (Å²) in [4.78, 5) is 36.5. The molecule has 0 aliphatic rings. The standard InChI is InChI=1S/C22H14Cl2N2O4/c23-18-6-5-17(9-19(18)24)26(21(28)10-20(27)22(29)30)12-14-2-4-15-3-1-13(11-25)7-16(15)8-14/h1-9H,10,12H2,(H,29,30). The van der Waals surface area contributed by atoms with Crippen LogP contribution in [-0.2, 0) is 20.9 Å². The van der Waals surface area contributed by atoms with Crippen molar-refractivity contribution < 1.29 is 19.5 Å². The molecule has 6 nitrogen and oxygen atoms in total. The van der Waals surface area contributed by atoms with Gasteiger partial charge in [-0.2, -0.15) is 5.26 Å². The van der Waals surface area contributed by atoms with E-state index in [0.717, 1.165) is 16.3 Å². The van der Waals surface area contributed by atoms with Gasteiger partial charge < -0.3 is 10.0 Å². The van der Waals surface area contributed by atoms with Gasteiger partial charge in [0.2, 0.25) is 11.7 Å². The highest BCUT2D eigenvalue weighted by Gasteiger charge is 2.23. The van der Waals surface area contributed by atoms with Gasteiger partial charge in [-0.25, -0.2) is 4.79 Å². The quantitative estimate of drug-likeness (QED) is 0.446. The highest BCUT2D eigenvalue weighted by Crippen LogP contribution is 2.29. The molecule has 0 saturated carbocycles. The van der Waals surface area contributed by atoms with Crippen molar-refractivity contribution in [1.29, 1.82) is 5.26 Å². The molecule has 0 aliphatic carbocycles. The minimum atomic E-state index is -1.67. The van der Waals surface area contributed by atoms with E-state index in [1.165, 1.54) is 17.0 Å². The largest absolute Gasteiger partial charge is 0.475 e. The number of carboxylic acid groups (broad SMARTS) is 1. The minimum Gasteiger partial charge on any atom is -0.475 e. The summed E-state index contributed by atoms with van der Waals surface area (Å²) in [7, 11) is 0. The lowest BCUT2D eigenvalue weighted by Crippen LogP contribution is -2.33. The maximum absolute atomic E-state index is 12.7. The van der Waals surface area contributed by atoms with E-state index in [4.69, 9.17) is 33.6 Å². The molecule has 0 spiro atoms. The molecule has 8 heteroatoms. The molecule has 3 aromatic rings. The van der Waals surface area contributed by atoms with Crippen LogP contribution >= 0.6 is 23.2 Å². The number of nitriles is 1. The van der Waals surface area contributed by atoms with Crippen molar-refractivity contribution in [3.05, 3.63) is 75.8 Å². The number of fused-ring (bicyclic) bond motifs is 1. The first-order valence-corrected chi connectivity index (χ1v) is 9.48. The molecule has 1 N–H and O–H groups in total. The number of hydrogen-bond acceptors (Lipinski definition) is 4. The molecule has 3 aromatic carbocycles.